The van der Waals surface area contributed by atoms with Gasteiger partial charge in [0.2, 0.25) is 5.91 Å². The number of amides is 1. The Morgan fingerprint density at radius 3 is 2.40 bits per heavy atom. The Kier molecular flexibility index (Phi) is 5.60. The molecule has 0 bridgehead atoms. The molecule has 1 heterocycles. The van der Waals surface area contributed by atoms with E-state index in [0.717, 1.165) is 31.6 Å². The Morgan fingerprint density at radius 1 is 1.20 bits per heavy atom. The van der Waals surface area contributed by atoms with Crippen LogP contribution in [0.2, 0.25) is 0 Å². The Balaban J connectivity index is 2.07. The predicted octanol–water partition coefficient (Wildman–Crippen LogP) is 3.30. The molecule has 1 aliphatic heterocycles. The minimum absolute atomic E-state index is 0.241. The number of nitrogens with zero attached hydrogens (tertiary/aromatic N) is 2. The lowest BCUT2D eigenvalue weighted by Gasteiger charge is -2.38. The summed E-state index contributed by atoms with van der Waals surface area (Å²) in [4.78, 5) is 16.9. The van der Waals surface area contributed by atoms with Crippen LogP contribution in [0.5, 0.6) is 0 Å². The summed E-state index contributed by atoms with van der Waals surface area (Å²) in [5, 5.41) is 0. The standard InChI is InChI=1S/C17H26N2O/c1-3-12-18-13-10-16(11-14-18)19(17(20)4-2)15-8-6-5-7-9-15/h5-9,16H,3-4,10-14H2,1-2H3. The van der Waals surface area contributed by atoms with Crippen LogP contribution in [0, 0.1) is 0 Å². The summed E-state index contributed by atoms with van der Waals surface area (Å²) in [7, 11) is 0. The molecule has 1 saturated heterocycles. The zero-order valence-electron chi connectivity index (χ0n) is 12.7. The summed E-state index contributed by atoms with van der Waals surface area (Å²) in [6, 6.07) is 10.5. The maximum atomic E-state index is 12.3. The van der Waals surface area contributed by atoms with Crippen LogP contribution in [0.15, 0.2) is 30.3 Å². The second-order valence-corrected chi connectivity index (χ2v) is 5.53. The molecule has 0 spiro atoms. The zero-order chi connectivity index (χ0) is 14.4. The van der Waals surface area contributed by atoms with Crippen LogP contribution < -0.4 is 4.90 Å². The first-order valence-electron chi connectivity index (χ1n) is 7.85. The highest BCUT2D eigenvalue weighted by atomic mass is 16.2. The predicted molar refractivity (Wildman–Crippen MR) is 84.0 cm³/mol. The number of rotatable bonds is 5. The van der Waals surface area contributed by atoms with E-state index >= 15 is 0 Å². The number of carbonyl (C=O) groups excluding carboxylic acids is 1. The van der Waals surface area contributed by atoms with Gasteiger partial charge >= 0.3 is 0 Å². The molecule has 3 nitrogen and oxygen atoms in total. The highest BCUT2D eigenvalue weighted by molar-refractivity contribution is 5.93. The van der Waals surface area contributed by atoms with E-state index in [1.165, 1.54) is 13.0 Å². The third-order valence-corrected chi connectivity index (χ3v) is 4.07. The fourth-order valence-corrected chi connectivity index (χ4v) is 3.03. The second-order valence-electron chi connectivity index (χ2n) is 5.53. The third-order valence-electron chi connectivity index (χ3n) is 4.07. The molecule has 1 aliphatic rings. The van der Waals surface area contributed by atoms with E-state index in [0.29, 0.717) is 12.5 Å². The number of carbonyl (C=O) groups is 1. The van der Waals surface area contributed by atoms with Crippen molar-refractivity contribution in [3.63, 3.8) is 0 Å². The molecule has 0 radical (unpaired) electrons. The van der Waals surface area contributed by atoms with Crippen molar-refractivity contribution in [2.75, 3.05) is 24.5 Å². The summed E-state index contributed by atoms with van der Waals surface area (Å²) in [6.45, 7) is 7.57. The highest BCUT2D eigenvalue weighted by Gasteiger charge is 2.27. The third kappa shape index (κ3) is 3.60. The zero-order valence-corrected chi connectivity index (χ0v) is 12.7. The molecule has 2 rings (SSSR count). The van der Waals surface area contributed by atoms with Crippen molar-refractivity contribution in [2.45, 2.75) is 45.6 Å². The van der Waals surface area contributed by atoms with Crippen LogP contribution in [0.3, 0.4) is 0 Å². The first kappa shape index (κ1) is 15.0. The maximum Gasteiger partial charge on any atom is 0.226 e. The molecule has 0 unspecified atom stereocenters. The molecular formula is C17H26N2O. The molecule has 20 heavy (non-hydrogen) atoms. The molecule has 3 heteroatoms. The van der Waals surface area contributed by atoms with Gasteiger partial charge in [0.15, 0.2) is 0 Å². The Hall–Kier alpha value is -1.35. The number of piperidine rings is 1. The average Bonchev–Trinajstić information content (AvgIpc) is 2.50. The van der Waals surface area contributed by atoms with Crippen molar-refractivity contribution in [3.8, 4) is 0 Å². The molecule has 1 aromatic carbocycles. The smallest absolute Gasteiger partial charge is 0.226 e. The van der Waals surface area contributed by atoms with Gasteiger partial charge in [-0.3, -0.25) is 4.79 Å². The molecule has 0 saturated carbocycles. The van der Waals surface area contributed by atoms with E-state index in [1.807, 2.05) is 42.2 Å². The van der Waals surface area contributed by atoms with Gasteiger partial charge in [-0.1, -0.05) is 32.0 Å². The van der Waals surface area contributed by atoms with E-state index in [2.05, 4.69) is 11.8 Å². The van der Waals surface area contributed by atoms with Gasteiger partial charge < -0.3 is 9.80 Å². The second kappa shape index (κ2) is 7.44. The number of para-hydroxylation sites is 1. The normalized spacial score (nSPS) is 17.1. The van der Waals surface area contributed by atoms with Crippen LogP contribution in [-0.4, -0.2) is 36.5 Å². The molecule has 110 valence electrons. The fraction of sp³-hybridized carbons (Fsp3) is 0.588. The maximum absolute atomic E-state index is 12.3. The van der Waals surface area contributed by atoms with Gasteiger partial charge in [0, 0.05) is 31.2 Å². The van der Waals surface area contributed by atoms with E-state index in [-0.39, 0.29) is 5.91 Å². The van der Waals surface area contributed by atoms with Crippen LogP contribution in [0.1, 0.15) is 39.5 Å². The quantitative estimate of drug-likeness (QED) is 0.822. The van der Waals surface area contributed by atoms with E-state index in [1.54, 1.807) is 0 Å². The molecular weight excluding hydrogens is 248 g/mol. The fourth-order valence-electron chi connectivity index (χ4n) is 3.03. The summed E-state index contributed by atoms with van der Waals surface area (Å²) >= 11 is 0. The minimum Gasteiger partial charge on any atom is -0.309 e. The highest BCUT2D eigenvalue weighted by Crippen LogP contribution is 2.24. The number of benzene rings is 1. The largest absolute Gasteiger partial charge is 0.309 e. The molecule has 0 atom stereocenters. The van der Waals surface area contributed by atoms with E-state index in [9.17, 15) is 4.79 Å². The number of likely N-dealkylation sites (tertiary alicyclic amines) is 1. The average molecular weight is 274 g/mol. The van der Waals surface area contributed by atoms with Crippen molar-refractivity contribution in [1.82, 2.24) is 4.90 Å². The van der Waals surface area contributed by atoms with Crippen molar-refractivity contribution in [1.29, 1.82) is 0 Å². The van der Waals surface area contributed by atoms with Crippen LogP contribution in [0.4, 0.5) is 5.69 Å². The summed E-state index contributed by atoms with van der Waals surface area (Å²) < 4.78 is 0. The van der Waals surface area contributed by atoms with Crippen LogP contribution in [0.25, 0.3) is 0 Å². The molecule has 1 fully saturated rings. The Labute approximate surface area is 122 Å². The SMILES string of the molecule is CCCN1CCC(N(C(=O)CC)c2ccccc2)CC1. The first-order chi connectivity index (χ1) is 9.76. The van der Waals surface area contributed by atoms with Crippen molar-refractivity contribution < 1.29 is 4.79 Å². The van der Waals surface area contributed by atoms with Gasteiger partial charge in [-0.2, -0.15) is 0 Å². The molecule has 0 aliphatic carbocycles. The summed E-state index contributed by atoms with van der Waals surface area (Å²) in [5.41, 5.74) is 1.05. The molecule has 1 aromatic rings. The van der Waals surface area contributed by atoms with E-state index < -0.39 is 0 Å². The first-order valence-corrected chi connectivity index (χ1v) is 7.85. The topological polar surface area (TPSA) is 23.6 Å². The van der Waals surface area contributed by atoms with Gasteiger partial charge in [0.1, 0.15) is 0 Å². The number of hydrogen-bond acceptors (Lipinski definition) is 2. The van der Waals surface area contributed by atoms with Gasteiger partial charge in [-0.15, -0.1) is 0 Å². The lowest BCUT2D eigenvalue weighted by Crippen LogP contribution is -2.47. The number of anilines is 1. The lowest BCUT2D eigenvalue weighted by atomic mass is 10.0. The monoisotopic (exact) mass is 274 g/mol. The van der Waals surface area contributed by atoms with Gasteiger partial charge in [0.05, 0.1) is 0 Å². The molecule has 0 N–H and O–H groups in total. The lowest BCUT2D eigenvalue weighted by molar-refractivity contribution is -0.119. The van der Waals surface area contributed by atoms with Crippen molar-refractivity contribution in [2.24, 2.45) is 0 Å². The summed E-state index contributed by atoms with van der Waals surface area (Å²) in [6.07, 6.45) is 3.95. The van der Waals surface area contributed by atoms with Gasteiger partial charge in [-0.05, 0) is 37.9 Å². The van der Waals surface area contributed by atoms with E-state index in [4.69, 9.17) is 0 Å². The minimum atomic E-state index is 0.241. The van der Waals surface area contributed by atoms with Gasteiger partial charge in [-0.25, -0.2) is 0 Å². The molecule has 0 aromatic heterocycles. The van der Waals surface area contributed by atoms with Crippen molar-refractivity contribution in [3.05, 3.63) is 30.3 Å². The van der Waals surface area contributed by atoms with Gasteiger partial charge in [0.25, 0.3) is 0 Å². The van der Waals surface area contributed by atoms with Crippen LogP contribution >= 0.6 is 0 Å². The Morgan fingerprint density at radius 2 is 1.85 bits per heavy atom. The van der Waals surface area contributed by atoms with Crippen molar-refractivity contribution >= 4 is 11.6 Å². The number of hydrogen-bond donors (Lipinski definition) is 0. The summed E-state index contributed by atoms with van der Waals surface area (Å²) in [5.74, 6) is 0.241. The Bertz CT molecular complexity index is 410. The van der Waals surface area contributed by atoms with Crippen LogP contribution in [-0.2, 0) is 4.79 Å². The molecule has 1 amide bonds.